The Morgan fingerprint density at radius 3 is 2.32 bits per heavy atom. The van der Waals surface area contributed by atoms with Gasteiger partial charge in [0.25, 0.3) is 0 Å². The van der Waals surface area contributed by atoms with Gasteiger partial charge in [-0.25, -0.2) is 8.78 Å². The summed E-state index contributed by atoms with van der Waals surface area (Å²) in [5.41, 5.74) is 0.768. The standard InChI is InChI=1S/C15H12F2O2/c1-9(18)14-7-10(16)3-5-12(14)13-6-4-11(19-2)8-15(13)17/h3-8H,1-2H3. The minimum absolute atomic E-state index is 0.157. The fourth-order valence-corrected chi connectivity index (χ4v) is 1.88. The third kappa shape index (κ3) is 2.62. The summed E-state index contributed by atoms with van der Waals surface area (Å²) >= 11 is 0. The van der Waals surface area contributed by atoms with Gasteiger partial charge in [-0.2, -0.15) is 0 Å². The van der Waals surface area contributed by atoms with E-state index in [-0.39, 0.29) is 16.9 Å². The lowest BCUT2D eigenvalue weighted by Gasteiger charge is -2.09. The molecule has 0 N–H and O–H groups in total. The summed E-state index contributed by atoms with van der Waals surface area (Å²) in [7, 11) is 1.44. The topological polar surface area (TPSA) is 26.3 Å². The number of carbonyl (C=O) groups is 1. The van der Waals surface area contributed by atoms with Crippen molar-refractivity contribution in [2.75, 3.05) is 7.11 Å². The number of ketones is 1. The number of methoxy groups -OCH3 is 1. The van der Waals surface area contributed by atoms with Crippen molar-refractivity contribution in [3.8, 4) is 16.9 Å². The number of ether oxygens (including phenoxy) is 1. The first-order chi connectivity index (χ1) is 9.02. The third-order valence-corrected chi connectivity index (χ3v) is 2.83. The van der Waals surface area contributed by atoms with E-state index in [1.54, 1.807) is 6.07 Å². The van der Waals surface area contributed by atoms with Crippen LogP contribution < -0.4 is 4.74 Å². The predicted octanol–water partition coefficient (Wildman–Crippen LogP) is 3.84. The third-order valence-electron chi connectivity index (χ3n) is 2.83. The van der Waals surface area contributed by atoms with E-state index in [4.69, 9.17) is 4.74 Å². The summed E-state index contributed by atoms with van der Waals surface area (Å²) in [5.74, 6) is -0.978. The fourth-order valence-electron chi connectivity index (χ4n) is 1.88. The van der Waals surface area contributed by atoms with Crippen LogP contribution in [0.5, 0.6) is 5.75 Å². The van der Waals surface area contributed by atoms with Crippen molar-refractivity contribution in [1.82, 2.24) is 0 Å². The molecule has 0 amide bonds. The van der Waals surface area contributed by atoms with Crippen LogP contribution in [0.4, 0.5) is 8.78 Å². The summed E-state index contributed by atoms with van der Waals surface area (Å²) in [5, 5.41) is 0. The molecule has 0 aliphatic carbocycles. The summed E-state index contributed by atoms with van der Waals surface area (Å²) in [4.78, 5) is 11.5. The van der Waals surface area contributed by atoms with Gasteiger partial charge in [0.1, 0.15) is 17.4 Å². The number of benzene rings is 2. The van der Waals surface area contributed by atoms with Gasteiger partial charge in [-0.05, 0) is 36.8 Å². The number of Topliss-reactive ketones (excluding diaryl/α,β-unsaturated/α-hetero) is 1. The van der Waals surface area contributed by atoms with Crippen molar-refractivity contribution in [2.45, 2.75) is 6.92 Å². The van der Waals surface area contributed by atoms with E-state index in [1.165, 1.54) is 38.3 Å². The minimum atomic E-state index is -0.525. The van der Waals surface area contributed by atoms with Crippen LogP contribution in [0.3, 0.4) is 0 Å². The van der Waals surface area contributed by atoms with E-state index in [1.807, 2.05) is 0 Å². The number of halogens is 2. The summed E-state index contributed by atoms with van der Waals surface area (Å²) in [6.45, 7) is 1.32. The molecule has 0 saturated heterocycles. The molecule has 0 spiro atoms. The normalized spacial score (nSPS) is 10.3. The molecular weight excluding hydrogens is 250 g/mol. The van der Waals surface area contributed by atoms with Crippen LogP contribution in [0.2, 0.25) is 0 Å². The van der Waals surface area contributed by atoms with Crippen molar-refractivity contribution >= 4 is 5.78 Å². The molecule has 0 aliphatic heterocycles. The Labute approximate surface area is 109 Å². The van der Waals surface area contributed by atoms with Crippen LogP contribution in [0.25, 0.3) is 11.1 Å². The van der Waals surface area contributed by atoms with Crippen molar-refractivity contribution in [3.63, 3.8) is 0 Å². The highest BCUT2D eigenvalue weighted by Crippen LogP contribution is 2.29. The first kappa shape index (κ1) is 13.2. The second-order valence-corrected chi connectivity index (χ2v) is 4.09. The maximum absolute atomic E-state index is 14.0. The SMILES string of the molecule is COc1ccc(-c2ccc(F)cc2C(C)=O)c(F)c1. The van der Waals surface area contributed by atoms with Gasteiger partial charge >= 0.3 is 0 Å². The van der Waals surface area contributed by atoms with Gasteiger partial charge in [0, 0.05) is 17.2 Å². The molecular formula is C15H12F2O2. The van der Waals surface area contributed by atoms with Crippen molar-refractivity contribution < 1.29 is 18.3 Å². The smallest absolute Gasteiger partial charge is 0.160 e. The van der Waals surface area contributed by atoms with E-state index < -0.39 is 11.6 Å². The molecule has 0 heterocycles. The quantitative estimate of drug-likeness (QED) is 0.785. The van der Waals surface area contributed by atoms with Crippen LogP contribution in [0.15, 0.2) is 36.4 Å². The van der Waals surface area contributed by atoms with Crippen LogP contribution in [-0.4, -0.2) is 12.9 Å². The Bertz CT molecular complexity index is 636. The van der Waals surface area contributed by atoms with Crippen LogP contribution >= 0.6 is 0 Å². The lowest BCUT2D eigenvalue weighted by Crippen LogP contribution is -1.99. The van der Waals surface area contributed by atoms with Crippen LogP contribution in [0.1, 0.15) is 17.3 Å². The Balaban J connectivity index is 2.62. The summed E-state index contributed by atoms with van der Waals surface area (Å²) in [6, 6.07) is 8.03. The van der Waals surface area contributed by atoms with Crippen LogP contribution in [0, 0.1) is 11.6 Å². The molecule has 0 bridgehead atoms. The van der Waals surface area contributed by atoms with E-state index >= 15 is 0 Å². The van der Waals surface area contributed by atoms with Gasteiger partial charge in [0.15, 0.2) is 5.78 Å². The fraction of sp³-hybridized carbons (Fsp3) is 0.133. The lowest BCUT2D eigenvalue weighted by atomic mass is 9.97. The molecule has 4 heteroatoms. The van der Waals surface area contributed by atoms with Gasteiger partial charge in [-0.1, -0.05) is 6.07 Å². The lowest BCUT2D eigenvalue weighted by molar-refractivity contribution is 0.101. The Morgan fingerprint density at radius 2 is 1.74 bits per heavy atom. The predicted molar refractivity (Wildman–Crippen MR) is 68.4 cm³/mol. The van der Waals surface area contributed by atoms with Gasteiger partial charge in [-0.3, -0.25) is 4.79 Å². The van der Waals surface area contributed by atoms with Crippen molar-refractivity contribution in [1.29, 1.82) is 0 Å². The van der Waals surface area contributed by atoms with Crippen molar-refractivity contribution in [2.24, 2.45) is 0 Å². The first-order valence-corrected chi connectivity index (χ1v) is 5.67. The maximum Gasteiger partial charge on any atom is 0.160 e. The zero-order valence-corrected chi connectivity index (χ0v) is 10.5. The Hall–Kier alpha value is -2.23. The molecule has 0 aromatic heterocycles. The zero-order chi connectivity index (χ0) is 14.0. The van der Waals surface area contributed by atoms with E-state index in [0.717, 1.165) is 6.07 Å². The Morgan fingerprint density at radius 1 is 1.05 bits per heavy atom. The summed E-state index contributed by atoms with van der Waals surface area (Å²) < 4.78 is 32.1. The number of carbonyl (C=O) groups excluding carboxylic acids is 1. The van der Waals surface area contributed by atoms with Crippen molar-refractivity contribution in [3.05, 3.63) is 53.6 Å². The van der Waals surface area contributed by atoms with E-state index in [0.29, 0.717) is 11.3 Å². The second-order valence-electron chi connectivity index (χ2n) is 4.09. The molecule has 0 radical (unpaired) electrons. The number of hydrogen-bond acceptors (Lipinski definition) is 2. The summed E-state index contributed by atoms with van der Waals surface area (Å²) in [6.07, 6.45) is 0. The minimum Gasteiger partial charge on any atom is -0.497 e. The van der Waals surface area contributed by atoms with Gasteiger partial charge in [0.05, 0.1) is 7.11 Å². The highest BCUT2D eigenvalue weighted by atomic mass is 19.1. The zero-order valence-electron chi connectivity index (χ0n) is 10.5. The maximum atomic E-state index is 14.0. The molecule has 0 unspecified atom stereocenters. The molecule has 98 valence electrons. The molecule has 2 rings (SSSR count). The van der Waals surface area contributed by atoms with Crippen LogP contribution in [-0.2, 0) is 0 Å². The largest absolute Gasteiger partial charge is 0.497 e. The number of rotatable bonds is 3. The average Bonchev–Trinajstić information content (AvgIpc) is 2.39. The molecule has 0 fully saturated rings. The molecule has 2 aromatic rings. The molecule has 2 aromatic carbocycles. The van der Waals surface area contributed by atoms with E-state index in [9.17, 15) is 13.6 Å². The van der Waals surface area contributed by atoms with Gasteiger partial charge in [-0.15, -0.1) is 0 Å². The number of hydrogen-bond donors (Lipinski definition) is 0. The second kappa shape index (κ2) is 5.18. The first-order valence-electron chi connectivity index (χ1n) is 5.67. The highest BCUT2D eigenvalue weighted by Gasteiger charge is 2.14. The van der Waals surface area contributed by atoms with Gasteiger partial charge < -0.3 is 4.74 Å². The average molecular weight is 262 g/mol. The molecule has 0 saturated carbocycles. The monoisotopic (exact) mass is 262 g/mol. The molecule has 0 aliphatic rings. The highest BCUT2D eigenvalue weighted by molar-refractivity contribution is 6.00. The molecule has 19 heavy (non-hydrogen) atoms. The Kier molecular flexibility index (Phi) is 3.60. The molecule has 0 atom stereocenters. The molecule has 2 nitrogen and oxygen atoms in total. The van der Waals surface area contributed by atoms with E-state index in [2.05, 4.69) is 0 Å². The van der Waals surface area contributed by atoms with Gasteiger partial charge in [0.2, 0.25) is 0 Å².